The van der Waals surface area contributed by atoms with Gasteiger partial charge in [-0.25, -0.2) is 17.9 Å². The van der Waals surface area contributed by atoms with E-state index >= 15 is 0 Å². The van der Waals surface area contributed by atoms with Gasteiger partial charge in [-0.15, -0.1) is 0 Å². The summed E-state index contributed by atoms with van der Waals surface area (Å²) in [6.07, 6.45) is 1.09. The largest absolute Gasteiger partial charge is 0.478 e. The molecule has 0 spiro atoms. The fraction of sp³-hybridized carbons (Fsp3) is 0.417. The van der Waals surface area contributed by atoms with Crippen LogP contribution in [0.3, 0.4) is 0 Å². The van der Waals surface area contributed by atoms with Crippen molar-refractivity contribution in [3.8, 4) is 0 Å². The van der Waals surface area contributed by atoms with Crippen molar-refractivity contribution in [3.63, 3.8) is 0 Å². The van der Waals surface area contributed by atoms with Crippen LogP contribution in [0.5, 0.6) is 0 Å². The van der Waals surface area contributed by atoms with Gasteiger partial charge in [-0.2, -0.15) is 0 Å². The molecule has 0 aromatic heterocycles. The number of nitrogen functional groups attached to an aromatic ring is 1. The summed E-state index contributed by atoms with van der Waals surface area (Å²) in [5.74, 6) is -1.05. The Hall–Kier alpha value is -1.80. The molecule has 1 rings (SSSR count). The van der Waals surface area contributed by atoms with Crippen molar-refractivity contribution in [2.45, 2.75) is 19.4 Å². The lowest BCUT2D eigenvalue weighted by Crippen LogP contribution is -2.47. The number of hydrogen-bond acceptors (Lipinski definition) is 5. The molecule has 112 valence electrons. The Morgan fingerprint density at radius 3 is 2.45 bits per heavy atom. The Bertz CT molecular complexity index is 611. The molecular formula is C12H19N3O4S. The Balaban J connectivity index is 2.78. The molecule has 0 heterocycles. The second-order valence-corrected chi connectivity index (χ2v) is 6.97. The first-order valence-corrected chi connectivity index (χ1v) is 7.75. The number of sulfonamides is 1. The second-order valence-electron chi connectivity index (χ2n) is 5.22. The van der Waals surface area contributed by atoms with E-state index in [2.05, 4.69) is 10.0 Å². The number of hydrogen-bond donors (Lipinski definition) is 4. The summed E-state index contributed by atoms with van der Waals surface area (Å²) < 4.78 is 24.9. The van der Waals surface area contributed by atoms with Crippen molar-refractivity contribution in [1.82, 2.24) is 4.72 Å². The summed E-state index contributed by atoms with van der Waals surface area (Å²) in [6, 6.07) is 4.33. The maximum atomic E-state index is 11.2. The predicted octanol–water partition coefficient (Wildman–Crippen LogP) is 0.707. The molecule has 0 aliphatic rings. The monoisotopic (exact) mass is 301 g/mol. The van der Waals surface area contributed by atoms with E-state index < -0.39 is 21.5 Å². The maximum absolute atomic E-state index is 11.2. The van der Waals surface area contributed by atoms with E-state index in [1.54, 1.807) is 19.9 Å². The minimum absolute atomic E-state index is 0.0987. The first-order chi connectivity index (χ1) is 9.00. The molecule has 5 N–H and O–H groups in total. The Labute approximate surface area is 118 Å². The highest BCUT2D eigenvalue weighted by atomic mass is 32.2. The van der Waals surface area contributed by atoms with Crippen molar-refractivity contribution in [2.24, 2.45) is 0 Å². The van der Waals surface area contributed by atoms with Crippen molar-refractivity contribution >= 4 is 27.4 Å². The van der Waals surface area contributed by atoms with Gasteiger partial charge in [0, 0.05) is 12.1 Å². The van der Waals surface area contributed by atoms with E-state index in [-0.39, 0.29) is 5.56 Å². The lowest BCUT2D eigenvalue weighted by atomic mass is 10.1. The third-order valence-electron chi connectivity index (χ3n) is 2.48. The zero-order chi connectivity index (χ0) is 15.6. The zero-order valence-electron chi connectivity index (χ0n) is 11.6. The fourth-order valence-corrected chi connectivity index (χ4v) is 2.79. The average molecular weight is 301 g/mol. The van der Waals surface area contributed by atoms with Crippen LogP contribution >= 0.6 is 0 Å². The van der Waals surface area contributed by atoms with Crippen LogP contribution in [0.4, 0.5) is 11.4 Å². The standard InChI is InChI=1S/C12H19N3O4S/c1-12(2,15-20(3,18)19)7-14-10-5-4-8(11(16)17)6-9(10)13/h4-6,14-15H,7,13H2,1-3H3,(H,16,17). The summed E-state index contributed by atoms with van der Waals surface area (Å²) in [5, 5.41) is 11.8. The van der Waals surface area contributed by atoms with Gasteiger partial charge in [-0.1, -0.05) is 0 Å². The first kappa shape index (κ1) is 16.3. The number of anilines is 2. The molecular weight excluding hydrogens is 282 g/mol. The van der Waals surface area contributed by atoms with E-state index in [9.17, 15) is 13.2 Å². The van der Waals surface area contributed by atoms with Crippen LogP contribution in [0.2, 0.25) is 0 Å². The van der Waals surface area contributed by atoms with E-state index in [1.807, 2.05) is 0 Å². The van der Waals surface area contributed by atoms with Crippen molar-refractivity contribution < 1.29 is 18.3 Å². The predicted molar refractivity (Wildman–Crippen MR) is 78.4 cm³/mol. The van der Waals surface area contributed by atoms with Crippen molar-refractivity contribution in [2.75, 3.05) is 23.9 Å². The number of aromatic carboxylic acids is 1. The van der Waals surface area contributed by atoms with Crippen LogP contribution in [0.25, 0.3) is 0 Å². The highest BCUT2D eigenvalue weighted by Gasteiger charge is 2.22. The van der Waals surface area contributed by atoms with Gasteiger partial charge >= 0.3 is 5.97 Å². The van der Waals surface area contributed by atoms with Gasteiger partial charge < -0.3 is 16.2 Å². The van der Waals surface area contributed by atoms with Gasteiger partial charge in [0.1, 0.15) is 0 Å². The van der Waals surface area contributed by atoms with Gasteiger partial charge in [0.2, 0.25) is 10.0 Å². The highest BCUT2D eigenvalue weighted by molar-refractivity contribution is 7.88. The van der Waals surface area contributed by atoms with Crippen LogP contribution in [-0.2, 0) is 10.0 Å². The normalized spacial score (nSPS) is 12.2. The van der Waals surface area contributed by atoms with Gasteiger partial charge in [0.15, 0.2) is 0 Å². The molecule has 0 unspecified atom stereocenters. The second kappa shape index (κ2) is 5.68. The SMILES string of the molecule is CC(C)(CNc1ccc(C(=O)O)cc1N)NS(C)(=O)=O. The molecule has 0 bridgehead atoms. The lowest BCUT2D eigenvalue weighted by molar-refractivity contribution is 0.0697. The molecule has 0 aliphatic heterocycles. The number of rotatable bonds is 6. The maximum Gasteiger partial charge on any atom is 0.335 e. The molecule has 0 radical (unpaired) electrons. The van der Waals surface area contributed by atoms with Gasteiger partial charge in [0.05, 0.1) is 23.2 Å². The molecule has 0 fully saturated rings. The molecule has 1 aromatic rings. The van der Waals surface area contributed by atoms with Crippen LogP contribution in [-0.4, -0.2) is 37.8 Å². The number of carboxylic acid groups (broad SMARTS) is 1. The van der Waals surface area contributed by atoms with Crippen molar-refractivity contribution in [1.29, 1.82) is 0 Å². The number of carbonyl (C=O) groups is 1. The van der Waals surface area contributed by atoms with Gasteiger partial charge in [0.25, 0.3) is 0 Å². The summed E-state index contributed by atoms with van der Waals surface area (Å²) in [4.78, 5) is 10.8. The molecule has 0 aliphatic carbocycles. The van der Waals surface area contributed by atoms with Gasteiger partial charge in [-0.3, -0.25) is 0 Å². The lowest BCUT2D eigenvalue weighted by Gasteiger charge is -2.26. The first-order valence-electron chi connectivity index (χ1n) is 5.86. The van der Waals surface area contributed by atoms with Crippen molar-refractivity contribution in [3.05, 3.63) is 23.8 Å². The average Bonchev–Trinajstić information content (AvgIpc) is 2.23. The quantitative estimate of drug-likeness (QED) is 0.574. The number of carboxylic acids is 1. The molecule has 7 nitrogen and oxygen atoms in total. The van der Waals surface area contributed by atoms with E-state index in [1.165, 1.54) is 12.1 Å². The Kier molecular flexibility index (Phi) is 4.61. The number of nitrogens with one attached hydrogen (secondary N) is 2. The molecule has 0 amide bonds. The summed E-state index contributed by atoms with van der Waals surface area (Å²) in [7, 11) is -3.31. The molecule has 1 aromatic carbocycles. The fourth-order valence-electron chi connectivity index (χ4n) is 1.71. The Morgan fingerprint density at radius 2 is 2.00 bits per heavy atom. The van der Waals surface area contributed by atoms with Crippen LogP contribution < -0.4 is 15.8 Å². The molecule has 0 saturated heterocycles. The van der Waals surface area contributed by atoms with Crippen LogP contribution in [0, 0.1) is 0 Å². The minimum Gasteiger partial charge on any atom is -0.478 e. The summed E-state index contributed by atoms with van der Waals surface area (Å²) >= 11 is 0. The van der Waals surface area contributed by atoms with E-state index in [0.29, 0.717) is 17.9 Å². The molecule has 0 atom stereocenters. The van der Waals surface area contributed by atoms with Gasteiger partial charge in [-0.05, 0) is 32.0 Å². The summed E-state index contributed by atoms with van der Waals surface area (Å²) in [6.45, 7) is 3.75. The van der Waals surface area contributed by atoms with E-state index in [4.69, 9.17) is 10.8 Å². The third-order valence-corrected chi connectivity index (χ3v) is 3.40. The van der Waals surface area contributed by atoms with Crippen LogP contribution in [0.1, 0.15) is 24.2 Å². The highest BCUT2D eigenvalue weighted by Crippen LogP contribution is 2.20. The van der Waals surface area contributed by atoms with E-state index in [0.717, 1.165) is 6.26 Å². The zero-order valence-corrected chi connectivity index (χ0v) is 12.4. The Morgan fingerprint density at radius 1 is 1.40 bits per heavy atom. The number of benzene rings is 1. The minimum atomic E-state index is -3.31. The topological polar surface area (TPSA) is 122 Å². The molecule has 20 heavy (non-hydrogen) atoms. The molecule has 0 saturated carbocycles. The molecule has 8 heteroatoms. The smallest absolute Gasteiger partial charge is 0.335 e. The number of nitrogens with two attached hydrogens (primary N) is 1. The van der Waals surface area contributed by atoms with Crippen LogP contribution in [0.15, 0.2) is 18.2 Å². The third kappa shape index (κ3) is 5.06. The summed E-state index contributed by atoms with van der Waals surface area (Å²) in [5.41, 5.74) is 5.99.